The Morgan fingerprint density at radius 1 is 1.17 bits per heavy atom. The molecular weight excluding hydrogens is 230 g/mol. The molecule has 0 radical (unpaired) electrons. The first-order valence-electron chi connectivity index (χ1n) is 6.30. The zero-order valence-electron chi connectivity index (χ0n) is 11.4. The monoisotopic (exact) mass is 253 g/mol. The Balaban J connectivity index is 2.31. The average molecular weight is 253 g/mol. The van der Waals surface area contributed by atoms with Gasteiger partial charge >= 0.3 is 0 Å². The highest BCUT2D eigenvalue weighted by Crippen LogP contribution is 2.25. The molecule has 0 aliphatic heterocycles. The number of hydrogen-bond acceptors (Lipinski definition) is 4. The first kappa shape index (κ1) is 14.8. The number of ether oxygens (including phenoxy) is 2. The molecule has 0 amide bonds. The normalized spacial score (nSPS) is 11.3. The standard InChI is InChI=1S/C14H23NO3/c1-4-17-12-7-5-6-8-13(12)18-10-9-15-11-14(2,3)16/h5-8,15-16H,4,9-11H2,1-3H3. The summed E-state index contributed by atoms with van der Waals surface area (Å²) in [6.07, 6.45) is 0. The Labute approximate surface area is 109 Å². The van der Waals surface area contributed by atoms with E-state index in [2.05, 4.69) is 5.32 Å². The molecule has 4 heteroatoms. The summed E-state index contributed by atoms with van der Waals surface area (Å²) in [6, 6.07) is 7.62. The van der Waals surface area contributed by atoms with Crippen LogP contribution in [0.25, 0.3) is 0 Å². The molecule has 18 heavy (non-hydrogen) atoms. The largest absolute Gasteiger partial charge is 0.490 e. The molecule has 0 saturated carbocycles. The summed E-state index contributed by atoms with van der Waals surface area (Å²) in [7, 11) is 0. The summed E-state index contributed by atoms with van der Waals surface area (Å²) in [5.74, 6) is 1.52. The topological polar surface area (TPSA) is 50.7 Å². The fourth-order valence-corrected chi connectivity index (χ4v) is 1.47. The van der Waals surface area contributed by atoms with Crippen LogP contribution in [0, 0.1) is 0 Å². The number of benzene rings is 1. The van der Waals surface area contributed by atoms with Crippen molar-refractivity contribution in [1.29, 1.82) is 0 Å². The summed E-state index contributed by atoms with van der Waals surface area (Å²) in [5, 5.41) is 12.7. The zero-order valence-corrected chi connectivity index (χ0v) is 11.4. The molecule has 1 rings (SSSR count). The number of para-hydroxylation sites is 2. The highest BCUT2D eigenvalue weighted by atomic mass is 16.5. The van der Waals surface area contributed by atoms with Crippen molar-refractivity contribution in [3.05, 3.63) is 24.3 Å². The van der Waals surface area contributed by atoms with Crippen LogP contribution in [0.3, 0.4) is 0 Å². The summed E-state index contributed by atoms with van der Waals surface area (Å²) in [4.78, 5) is 0. The van der Waals surface area contributed by atoms with Crippen LogP contribution < -0.4 is 14.8 Å². The first-order chi connectivity index (χ1) is 8.53. The molecule has 0 heterocycles. The van der Waals surface area contributed by atoms with E-state index in [4.69, 9.17) is 9.47 Å². The number of hydrogen-bond donors (Lipinski definition) is 2. The predicted octanol–water partition coefficient (Wildman–Crippen LogP) is 1.82. The van der Waals surface area contributed by atoms with E-state index >= 15 is 0 Å². The molecular formula is C14H23NO3. The van der Waals surface area contributed by atoms with E-state index in [0.29, 0.717) is 26.3 Å². The van der Waals surface area contributed by atoms with Crippen molar-refractivity contribution < 1.29 is 14.6 Å². The molecule has 1 aromatic carbocycles. The lowest BCUT2D eigenvalue weighted by molar-refractivity contribution is 0.0788. The summed E-state index contributed by atoms with van der Waals surface area (Å²) in [5.41, 5.74) is -0.691. The van der Waals surface area contributed by atoms with Crippen molar-refractivity contribution in [3.8, 4) is 11.5 Å². The van der Waals surface area contributed by atoms with Gasteiger partial charge in [0.1, 0.15) is 6.61 Å². The van der Waals surface area contributed by atoms with Gasteiger partial charge in [0, 0.05) is 13.1 Å². The van der Waals surface area contributed by atoms with E-state index in [0.717, 1.165) is 11.5 Å². The molecule has 0 fully saturated rings. The molecule has 4 nitrogen and oxygen atoms in total. The van der Waals surface area contributed by atoms with Crippen LogP contribution in [0.15, 0.2) is 24.3 Å². The lowest BCUT2D eigenvalue weighted by atomic mass is 10.1. The van der Waals surface area contributed by atoms with Gasteiger partial charge in [-0.3, -0.25) is 0 Å². The van der Waals surface area contributed by atoms with E-state index in [-0.39, 0.29) is 0 Å². The van der Waals surface area contributed by atoms with Crippen molar-refractivity contribution in [1.82, 2.24) is 5.32 Å². The maximum absolute atomic E-state index is 9.52. The van der Waals surface area contributed by atoms with Gasteiger partial charge in [0.05, 0.1) is 12.2 Å². The first-order valence-corrected chi connectivity index (χ1v) is 6.30. The van der Waals surface area contributed by atoms with E-state index in [1.54, 1.807) is 13.8 Å². The second-order valence-electron chi connectivity index (χ2n) is 4.72. The summed E-state index contributed by atoms with van der Waals surface area (Å²) >= 11 is 0. The highest BCUT2D eigenvalue weighted by Gasteiger charge is 2.10. The molecule has 102 valence electrons. The minimum absolute atomic E-state index is 0.542. The third-order valence-electron chi connectivity index (χ3n) is 2.24. The maximum atomic E-state index is 9.52. The molecule has 0 aliphatic rings. The fraction of sp³-hybridized carbons (Fsp3) is 0.571. The van der Waals surface area contributed by atoms with Crippen LogP contribution in [0.4, 0.5) is 0 Å². The van der Waals surface area contributed by atoms with E-state index in [1.165, 1.54) is 0 Å². The maximum Gasteiger partial charge on any atom is 0.161 e. The number of rotatable bonds is 8. The van der Waals surface area contributed by atoms with Crippen LogP contribution in [0.1, 0.15) is 20.8 Å². The molecule has 0 aromatic heterocycles. The highest BCUT2D eigenvalue weighted by molar-refractivity contribution is 5.39. The third-order valence-corrected chi connectivity index (χ3v) is 2.24. The average Bonchev–Trinajstić information content (AvgIpc) is 2.29. The van der Waals surface area contributed by atoms with Gasteiger partial charge in [0.25, 0.3) is 0 Å². The summed E-state index contributed by atoms with van der Waals surface area (Å²) in [6.45, 7) is 7.88. The minimum atomic E-state index is -0.691. The lowest BCUT2D eigenvalue weighted by Gasteiger charge is -2.18. The smallest absolute Gasteiger partial charge is 0.161 e. The molecule has 0 spiro atoms. The molecule has 0 saturated heterocycles. The van der Waals surface area contributed by atoms with Crippen molar-refractivity contribution in [2.75, 3.05) is 26.3 Å². The van der Waals surface area contributed by atoms with Crippen molar-refractivity contribution in [2.45, 2.75) is 26.4 Å². The molecule has 0 bridgehead atoms. The second kappa shape index (κ2) is 7.24. The molecule has 0 atom stereocenters. The van der Waals surface area contributed by atoms with Gasteiger partial charge in [-0.2, -0.15) is 0 Å². The van der Waals surface area contributed by atoms with Crippen LogP contribution in [-0.2, 0) is 0 Å². The van der Waals surface area contributed by atoms with Gasteiger partial charge in [-0.15, -0.1) is 0 Å². The zero-order chi connectivity index (χ0) is 13.4. The van der Waals surface area contributed by atoms with Crippen molar-refractivity contribution in [2.24, 2.45) is 0 Å². The van der Waals surface area contributed by atoms with E-state index < -0.39 is 5.60 Å². The van der Waals surface area contributed by atoms with Gasteiger partial charge < -0.3 is 19.9 Å². The van der Waals surface area contributed by atoms with Crippen LogP contribution in [-0.4, -0.2) is 37.0 Å². The fourth-order valence-electron chi connectivity index (χ4n) is 1.47. The number of aliphatic hydroxyl groups is 1. The quantitative estimate of drug-likeness (QED) is 0.694. The molecule has 1 aromatic rings. The molecule has 0 aliphatic carbocycles. The van der Waals surface area contributed by atoms with Crippen LogP contribution in [0.2, 0.25) is 0 Å². The van der Waals surface area contributed by atoms with E-state index in [9.17, 15) is 5.11 Å². The minimum Gasteiger partial charge on any atom is -0.490 e. The molecule has 2 N–H and O–H groups in total. The Kier molecular flexibility index (Phi) is 5.95. The van der Waals surface area contributed by atoms with Gasteiger partial charge in [0.15, 0.2) is 11.5 Å². The Hall–Kier alpha value is -1.26. The predicted molar refractivity (Wildman–Crippen MR) is 72.3 cm³/mol. The van der Waals surface area contributed by atoms with E-state index in [1.807, 2.05) is 31.2 Å². The summed E-state index contributed by atoms with van der Waals surface area (Å²) < 4.78 is 11.1. The number of nitrogens with one attached hydrogen (secondary N) is 1. The van der Waals surface area contributed by atoms with Gasteiger partial charge in [-0.1, -0.05) is 12.1 Å². The lowest BCUT2D eigenvalue weighted by Crippen LogP contribution is -2.36. The Morgan fingerprint density at radius 2 is 1.78 bits per heavy atom. The van der Waals surface area contributed by atoms with Gasteiger partial charge in [0.2, 0.25) is 0 Å². The van der Waals surface area contributed by atoms with Crippen LogP contribution in [0.5, 0.6) is 11.5 Å². The van der Waals surface area contributed by atoms with Gasteiger partial charge in [-0.05, 0) is 32.9 Å². The van der Waals surface area contributed by atoms with Crippen molar-refractivity contribution in [3.63, 3.8) is 0 Å². The Morgan fingerprint density at radius 3 is 2.33 bits per heavy atom. The SMILES string of the molecule is CCOc1ccccc1OCCNCC(C)(C)O. The second-order valence-corrected chi connectivity index (χ2v) is 4.72. The third kappa shape index (κ3) is 5.89. The van der Waals surface area contributed by atoms with Crippen molar-refractivity contribution >= 4 is 0 Å². The van der Waals surface area contributed by atoms with Gasteiger partial charge in [-0.25, -0.2) is 0 Å². The van der Waals surface area contributed by atoms with Crippen LogP contribution >= 0.6 is 0 Å². The Bertz CT molecular complexity index is 347. The molecule has 0 unspecified atom stereocenters.